The molecule has 2 aromatic rings. The number of nitrogens with one attached hydrogen (secondary N) is 3. The molecule has 2 aliphatic rings. The third-order valence-electron chi connectivity index (χ3n) is 4.96. The second-order valence-corrected chi connectivity index (χ2v) is 7.09. The Morgan fingerprint density at radius 1 is 1.17 bits per heavy atom. The summed E-state index contributed by atoms with van der Waals surface area (Å²) in [6, 6.07) is 2.26. The minimum atomic E-state index is -0.982. The molecule has 0 aliphatic carbocycles. The Kier molecular flexibility index (Phi) is 4.70. The van der Waals surface area contributed by atoms with Crippen LogP contribution in [0.5, 0.6) is 5.88 Å². The normalized spacial score (nSPS) is 20.9. The number of H-pyrrole nitrogens is 3. The molecule has 1 amide bonds. The van der Waals surface area contributed by atoms with Crippen LogP contribution in [0.1, 0.15) is 12.0 Å². The number of hydrogen-bond acceptors (Lipinski definition) is 7. The second-order valence-electron chi connectivity index (χ2n) is 7.09. The molecule has 29 heavy (non-hydrogen) atoms. The molecule has 12 nitrogen and oxygen atoms in total. The number of hydrogen-bond donors (Lipinski definition) is 3. The predicted octanol–water partition coefficient (Wildman–Crippen LogP) is -2.46. The molecule has 0 radical (unpaired) electrons. The van der Waals surface area contributed by atoms with Crippen LogP contribution in [0.25, 0.3) is 0 Å². The zero-order valence-corrected chi connectivity index (χ0v) is 15.4. The molecule has 2 aliphatic heterocycles. The summed E-state index contributed by atoms with van der Waals surface area (Å²) in [4.78, 5) is 65.6. The van der Waals surface area contributed by atoms with E-state index in [-0.39, 0.29) is 50.9 Å². The summed E-state index contributed by atoms with van der Waals surface area (Å²) < 4.78 is 12.5. The quantitative estimate of drug-likeness (QED) is 0.510. The number of aryl methyl sites for hydroxylation is 1. The van der Waals surface area contributed by atoms with Gasteiger partial charge in [0.1, 0.15) is 0 Å². The van der Waals surface area contributed by atoms with Gasteiger partial charge in [-0.25, -0.2) is 9.48 Å². The first kappa shape index (κ1) is 18.9. The molecule has 4 rings (SSSR count). The summed E-state index contributed by atoms with van der Waals surface area (Å²) in [6.07, 6.45) is 0.171. The molecule has 154 valence electrons. The summed E-state index contributed by atoms with van der Waals surface area (Å²) in [5.74, 6) is -0.168. The minimum absolute atomic E-state index is 0.0136. The predicted molar refractivity (Wildman–Crippen MR) is 98.1 cm³/mol. The van der Waals surface area contributed by atoms with Gasteiger partial charge in [0.05, 0.1) is 31.9 Å². The molecule has 1 fully saturated rings. The standard InChI is InChI=1S/C17H19N5O7/c23-11-1-2-13(25)22(20-11)4-3-12(24)21-5-6-28-9-17(8-21)7-10-14(26)18-16(27)19-15(10)29-17/h1-2H,3-9H2,(H,20,23)(H2,18,19,26,27)/t17-/m0/s1. The maximum atomic E-state index is 12.7. The Morgan fingerprint density at radius 3 is 2.83 bits per heavy atom. The summed E-state index contributed by atoms with van der Waals surface area (Å²) in [6.45, 7) is 0.919. The smallest absolute Gasteiger partial charge is 0.328 e. The second kappa shape index (κ2) is 7.20. The Morgan fingerprint density at radius 2 is 2.00 bits per heavy atom. The van der Waals surface area contributed by atoms with Crippen LogP contribution in [0.2, 0.25) is 0 Å². The number of rotatable bonds is 3. The van der Waals surface area contributed by atoms with Crippen molar-refractivity contribution in [1.82, 2.24) is 24.6 Å². The first-order chi connectivity index (χ1) is 13.8. The molecule has 4 heterocycles. The Balaban J connectivity index is 1.49. The van der Waals surface area contributed by atoms with Crippen molar-refractivity contribution in [3.05, 3.63) is 59.2 Å². The molecule has 0 saturated carbocycles. The van der Waals surface area contributed by atoms with E-state index in [9.17, 15) is 24.0 Å². The lowest BCUT2D eigenvalue weighted by molar-refractivity contribution is -0.133. The molecule has 1 saturated heterocycles. The van der Waals surface area contributed by atoms with Crippen molar-refractivity contribution in [3.63, 3.8) is 0 Å². The van der Waals surface area contributed by atoms with E-state index in [4.69, 9.17) is 9.47 Å². The zero-order chi connectivity index (χ0) is 20.6. The van der Waals surface area contributed by atoms with Gasteiger partial charge in [-0.15, -0.1) is 0 Å². The van der Waals surface area contributed by atoms with Crippen LogP contribution in [0.4, 0.5) is 0 Å². The molecule has 3 N–H and O–H groups in total. The fraction of sp³-hybridized carbons (Fsp3) is 0.471. The van der Waals surface area contributed by atoms with E-state index < -0.39 is 28.0 Å². The fourth-order valence-electron chi connectivity index (χ4n) is 3.59. The van der Waals surface area contributed by atoms with Crippen LogP contribution >= 0.6 is 0 Å². The van der Waals surface area contributed by atoms with Crippen LogP contribution < -0.4 is 27.1 Å². The number of aromatic amines is 3. The van der Waals surface area contributed by atoms with Crippen molar-refractivity contribution in [1.29, 1.82) is 0 Å². The Hall–Kier alpha value is -3.41. The first-order valence-corrected chi connectivity index (χ1v) is 9.05. The number of fused-ring (bicyclic) bond motifs is 1. The molecule has 12 heteroatoms. The molecular weight excluding hydrogens is 386 g/mol. The number of ether oxygens (including phenoxy) is 2. The SMILES string of the molecule is O=C(CCn1[nH]c(=O)ccc1=O)N1CCOC[C@]2(Cc3c([nH]c(=O)[nH]c3=O)O2)C1. The lowest BCUT2D eigenvalue weighted by Gasteiger charge is -2.31. The van der Waals surface area contributed by atoms with Crippen LogP contribution in [0.15, 0.2) is 31.3 Å². The van der Waals surface area contributed by atoms with Gasteiger partial charge in [0.2, 0.25) is 11.8 Å². The molecule has 0 bridgehead atoms. The summed E-state index contributed by atoms with van der Waals surface area (Å²) in [7, 11) is 0. The first-order valence-electron chi connectivity index (χ1n) is 9.05. The number of aromatic nitrogens is 4. The average molecular weight is 405 g/mol. The van der Waals surface area contributed by atoms with Crippen LogP contribution in [-0.4, -0.2) is 62.5 Å². The molecule has 2 aromatic heterocycles. The zero-order valence-electron chi connectivity index (χ0n) is 15.4. The molecule has 1 atom stereocenters. The van der Waals surface area contributed by atoms with Crippen molar-refractivity contribution >= 4 is 5.91 Å². The average Bonchev–Trinajstić information content (AvgIpc) is 2.89. The fourth-order valence-corrected chi connectivity index (χ4v) is 3.59. The van der Waals surface area contributed by atoms with E-state index in [0.717, 1.165) is 16.8 Å². The van der Waals surface area contributed by atoms with Gasteiger partial charge >= 0.3 is 5.69 Å². The largest absolute Gasteiger partial charge is 0.467 e. The number of nitrogens with zero attached hydrogens (tertiary/aromatic N) is 2. The van der Waals surface area contributed by atoms with Crippen LogP contribution in [0, 0.1) is 0 Å². The van der Waals surface area contributed by atoms with Gasteiger partial charge in [-0.3, -0.25) is 34.2 Å². The highest BCUT2D eigenvalue weighted by molar-refractivity contribution is 5.76. The van der Waals surface area contributed by atoms with E-state index in [1.54, 1.807) is 0 Å². The maximum absolute atomic E-state index is 12.7. The lowest BCUT2D eigenvalue weighted by atomic mass is 9.98. The number of carbonyl (C=O) groups excluding carboxylic acids is 1. The third kappa shape index (κ3) is 3.78. The van der Waals surface area contributed by atoms with E-state index in [1.807, 2.05) is 0 Å². The monoisotopic (exact) mass is 405 g/mol. The third-order valence-corrected chi connectivity index (χ3v) is 4.96. The molecule has 1 spiro atoms. The van der Waals surface area contributed by atoms with Gasteiger partial charge in [-0.2, -0.15) is 0 Å². The van der Waals surface area contributed by atoms with Crippen molar-refractivity contribution < 1.29 is 14.3 Å². The van der Waals surface area contributed by atoms with Crippen LogP contribution in [0.3, 0.4) is 0 Å². The van der Waals surface area contributed by atoms with E-state index in [1.165, 1.54) is 4.90 Å². The maximum Gasteiger partial charge on any atom is 0.328 e. The van der Waals surface area contributed by atoms with Gasteiger partial charge in [0.25, 0.3) is 16.7 Å². The van der Waals surface area contributed by atoms with E-state index >= 15 is 0 Å². The highest BCUT2D eigenvalue weighted by Gasteiger charge is 2.45. The van der Waals surface area contributed by atoms with Crippen molar-refractivity contribution in [3.8, 4) is 5.88 Å². The highest BCUT2D eigenvalue weighted by Crippen LogP contribution is 2.32. The highest BCUT2D eigenvalue weighted by atomic mass is 16.6. The molecule has 0 aromatic carbocycles. The van der Waals surface area contributed by atoms with Gasteiger partial charge in [-0.1, -0.05) is 0 Å². The lowest BCUT2D eigenvalue weighted by Crippen LogP contribution is -2.50. The Bertz CT molecular complexity index is 1180. The van der Waals surface area contributed by atoms with Gasteiger partial charge in [0, 0.05) is 31.5 Å². The minimum Gasteiger partial charge on any atom is -0.467 e. The van der Waals surface area contributed by atoms with Gasteiger partial charge in [0.15, 0.2) is 5.60 Å². The number of amides is 1. The summed E-state index contributed by atoms with van der Waals surface area (Å²) in [5, 5.41) is 2.37. The van der Waals surface area contributed by atoms with E-state index in [2.05, 4.69) is 15.1 Å². The van der Waals surface area contributed by atoms with Crippen LogP contribution in [-0.2, 0) is 22.5 Å². The topological polar surface area (TPSA) is 159 Å². The van der Waals surface area contributed by atoms with E-state index in [0.29, 0.717) is 12.1 Å². The summed E-state index contributed by atoms with van der Waals surface area (Å²) >= 11 is 0. The van der Waals surface area contributed by atoms with Crippen molar-refractivity contribution in [2.75, 3.05) is 26.3 Å². The molecular formula is C17H19N5O7. The van der Waals surface area contributed by atoms with Gasteiger partial charge in [-0.05, 0) is 0 Å². The number of carbonyl (C=O) groups is 1. The van der Waals surface area contributed by atoms with Gasteiger partial charge < -0.3 is 14.4 Å². The van der Waals surface area contributed by atoms with Crippen molar-refractivity contribution in [2.24, 2.45) is 0 Å². The molecule has 0 unspecified atom stereocenters. The van der Waals surface area contributed by atoms with Crippen molar-refractivity contribution in [2.45, 2.75) is 25.0 Å². The Labute approximate surface area is 162 Å². The summed E-state index contributed by atoms with van der Waals surface area (Å²) in [5.41, 5.74) is -2.73.